The maximum absolute atomic E-state index is 16.1. The number of ether oxygens (including phenoxy) is 1. The van der Waals surface area contributed by atoms with Crippen LogP contribution < -0.4 is 9.68 Å². The van der Waals surface area contributed by atoms with Crippen LogP contribution >= 0.6 is 11.3 Å². The summed E-state index contributed by atoms with van der Waals surface area (Å²) in [7, 11) is -0.612. The Balaban J connectivity index is 1.29. The van der Waals surface area contributed by atoms with Crippen LogP contribution in [0.2, 0.25) is 0 Å². The SMILES string of the molecule is CC(C)(C)OC(=O)N1CCC[C@@H](N(C(=O)c2ccc(-n3nnc4cccnc43)cc2F)c2nccc3sc(B4OC(C)(C)C(C)(C)O4)cc23)C1. The maximum Gasteiger partial charge on any atom is 0.505 e. The Morgan fingerprint density at radius 2 is 1.82 bits per heavy atom. The molecule has 0 saturated carbocycles. The number of fused-ring (bicyclic) bond motifs is 2. The maximum atomic E-state index is 16.1. The van der Waals surface area contributed by atoms with E-state index < -0.39 is 47.8 Å². The molecule has 50 heavy (non-hydrogen) atoms. The van der Waals surface area contributed by atoms with Crippen molar-refractivity contribution < 1.29 is 28.0 Å². The van der Waals surface area contributed by atoms with Gasteiger partial charge < -0.3 is 18.9 Å². The third-order valence-electron chi connectivity index (χ3n) is 9.43. The second kappa shape index (κ2) is 12.4. The highest BCUT2D eigenvalue weighted by Crippen LogP contribution is 2.39. The van der Waals surface area contributed by atoms with Gasteiger partial charge in [-0.2, -0.15) is 4.68 Å². The van der Waals surface area contributed by atoms with Crippen molar-refractivity contribution in [3.05, 3.63) is 66.2 Å². The third-order valence-corrected chi connectivity index (χ3v) is 10.5. The molecule has 1 atom stereocenters. The highest BCUT2D eigenvalue weighted by atomic mass is 32.1. The molecule has 0 bridgehead atoms. The molecule has 6 heterocycles. The Morgan fingerprint density at radius 3 is 2.54 bits per heavy atom. The Morgan fingerprint density at radius 1 is 1.06 bits per heavy atom. The van der Waals surface area contributed by atoms with Crippen LogP contribution in [-0.4, -0.2) is 84.9 Å². The minimum Gasteiger partial charge on any atom is -0.444 e. The molecule has 1 aromatic carbocycles. The minimum absolute atomic E-state index is 0.152. The van der Waals surface area contributed by atoms with Gasteiger partial charge in [0, 0.05) is 46.4 Å². The monoisotopic (exact) mass is 699 g/mol. The van der Waals surface area contributed by atoms with Gasteiger partial charge in [0.05, 0.1) is 28.5 Å². The number of piperidine rings is 1. The van der Waals surface area contributed by atoms with Gasteiger partial charge in [0.15, 0.2) is 5.65 Å². The fourth-order valence-electron chi connectivity index (χ4n) is 6.21. The summed E-state index contributed by atoms with van der Waals surface area (Å²) in [4.78, 5) is 40.1. The fraction of sp³-hybridized carbons (Fsp3) is 0.429. The molecular weight excluding hydrogens is 660 g/mol. The number of hydrogen-bond donors (Lipinski definition) is 0. The molecule has 0 spiro atoms. The van der Waals surface area contributed by atoms with Crippen LogP contribution in [0.4, 0.5) is 15.0 Å². The zero-order valence-corrected chi connectivity index (χ0v) is 30.0. The van der Waals surface area contributed by atoms with Gasteiger partial charge in [-0.05, 0) is 97.7 Å². The van der Waals surface area contributed by atoms with Gasteiger partial charge in [-0.1, -0.05) is 5.21 Å². The van der Waals surface area contributed by atoms with Crippen molar-refractivity contribution in [2.24, 2.45) is 0 Å². The first-order valence-corrected chi connectivity index (χ1v) is 17.5. The molecule has 0 radical (unpaired) electrons. The molecule has 2 saturated heterocycles. The Kier molecular flexibility index (Phi) is 8.43. The molecule has 5 aromatic rings. The van der Waals surface area contributed by atoms with E-state index in [1.165, 1.54) is 33.1 Å². The summed E-state index contributed by atoms with van der Waals surface area (Å²) < 4.78 is 37.6. The molecule has 0 unspecified atom stereocenters. The lowest BCUT2D eigenvalue weighted by molar-refractivity contribution is 0.00578. The van der Waals surface area contributed by atoms with E-state index in [0.717, 1.165) is 9.48 Å². The van der Waals surface area contributed by atoms with Crippen molar-refractivity contribution in [1.82, 2.24) is 29.9 Å². The zero-order valence-electron chi connectivity index (χ0n) is 29.1. The molecular formula is C35H39BFN7O5S. The molecule has 0 N–H and O–H groups in total. The Bertz CT molecular complexity index is 2100. The van der Waals surface area contributed by atoms with Crippen LogP contribution in [0.15, 0.2) is 54.9 Å². The molecule has 2 amide bonds. The van der Waals surface area contributed by atoms with Gasteiger partial charge in [0.25, 0.3) is 5.91 Å². The summed E-state index contributed by atoms with van der Waals surface area (Å²) in [5, 5.41) is 8.95. The first kappa shape index (κ1) is 34.0. The van der Waals surface area contributed by atoms with Crippen LogP contribution in [0.1, 0.15) is 71.7 Å². The van der Waals surface area contributed by atoms with E-state index in [4.69, 9.17) is 19.0 Å². The van der Waals surface area contributed by atoms with Crippen molar-refractivity contribution >= 4 is 62.3 Å². The van der Waals surface area contributed by atoms with Crippen LogP contribution in [0.25, 0.3) is 26.9 Å². The summed E-state index contributed by atoms with van der Waals surface area (Å²) in [5.74, 6) is -0.972. The van der Waals surface area contributed by atoms with E-state index in [2.05, 4.69) is 15.3 Å². The molecule has 260 valence electrons. The lowest BCUT2D eigenvalue weighted by atomic mass is 9.87. The highest BCUT2D eigenvalue weighted by Gasteiger charge is 2.52. The molecule has 0 aliphatic carbocycles. The van der Waals surface area contributed by atoms with Gasteiger partial charge in [-0.25, -0.2) is 19.2 Å². The summed E-state index contributed by atoms with van der Waals surface area (Å²) in [6, 6.07) is 11.1. The number of hydrogen-bond acceptors (Lipinski definition) is 10. The lowest BCUT2D eigenvalue weighted by Gasteiger charge is -2.39. The number of amides is 2. The van der Waals surface area contributed by atoms with Crippen molar-refractivity contribution in [2.75, 3.05) is 18.0 Å². The van der Waals surface area contributed by atoms with E-state index in [-0.39, 0.29) is 12.1 Å². The second-order valence-electron chi connectivity index (χ2n) is 14.7. The molecule has 7 rings (SSSR count). The van der Waals surface area contributed by atoms with Crippen molar-refractivity contribution in [1.29, 1.82) is 0 Å². The number of aromatic nitrogens is 5. The van der Waals surface area contributed by atoms with Gasteiger partial charge in [-0.15, -0.1) is 16.4 Å². The summed E-state index contributed by atoms with van der Waals surface area (Å²) >= 11 is 1.49. The van der Waals surface area contributed by atoms with Crippen molar-refractivity contribution in [2.45, 2.75) is 84.2 Å². The van der Waals surface area contributed by atoms with Crippen LogP contribution in [0, 0.1) is 5.82 Å². The molecule has 2 fully saturated rings. The van der Waals surface area contributed by atoms with E-state index in [1.54, 1.807) is 35.5 Å². The number of carbonyl (C=O) groups excluding carboxylic acids is 2. The van der Waals surface area contributed by atoms with Crippen molar-refractivity contribution in [3.63, 3.8) is 0 Å². The normalized spacial score (nSPS) is 18.9. The average Bonchev–Trinajstić information content (AvgIpc) is 3.74. The quantitative estimate of drug-likeness (QED) is 0.206. The van der Waals surface area contributed by atoms with Crippen LogP contribution in [0.5, 0.6) is 0 Å². The highest BCUT2D eigenvalue weighted by molar-refractivity contribution is 7.28. The Hall–Kier alpha value is -4.47. The number of benzene rings is 1. The van der Waals surface area contributed by atoms with Gasteiger partial charge in [0.2, 0.25) is 0 Å². The smallest absolute Gasteiger partial charge is 0.444 e. The molecule has 4 aromatic heterocycles. The number of nitrogens with zero attached hydrogens (tertiary/aromatic N) is 7. The minimum atomic E-state index is -0.743. The lowest BCUT2D eigenvalue weighted by Crippen LogP contribution is -2.53. The predicted molar refractivity (Wildman–Crippen MR) is 190 cm³/mol. The number of likely N-dealkylation sites (tertiary alicyclic amines) is 1. The molecule has 2 aliphatic rings. The van der Waals surface area contributed by atoms with E-state index in [9.17, 15) is 9.59 Å². The predicted octanol–water partition coefficient (Wildman–Crippen LogP) is 5.91. The second-order valence-corrected chi connectivity index (χ2v) is 15.8. The number of carbonyl (C=O) groups is 2. The number of thiophene rings is 1. The number of halogens is 1. The summed E-state index contributed by atoms with van der Waals surface area (Å²) in [6.45, 7) is 14.1. The average molecular weight is 700 g/mol. The van der Waals surface area contributed by atoms with E-state index in [0.29, 0.717) is 47.4 Å². The fourth-order valence-corrected chi connectivity index (χ4v) is 7.22. The standard InChI is InChI=1S/C35H39BFN7O5S/c1-33(2,3)47-32(46)42-17-9-10-22(20-42)43(29-24-19-28(50-27(24)14-16-39-29)36-48-34(4,5)35(6,7)49-36)31(45)23-13-12-21(18-25(23)37)44-30-26(40-41-44)11-8-15-38-30/h8,11-16,18-19,22H,9-10,17,20H2,1-7H3/t22-/m1/s1. The van der Waals surface area contributed by atoms with Gasteiger partial charge in [0.1, 0.15) is 22.8 Å². The number of rotatable bonds is 5. The Labute approximate surface area is 293 Å². The third kappa shape index (κ3) is 6.22. The molecule has 15 heteroatoms. The first-order chi connectivity index (χ1) is 23.6. The van der Waals surface area contributed by atoms with Crippen molar-refractivity contribution in [3.8, 4) is 5.69 Å². The molecule has 12 nitrogen and oxygen atoms in total. The zero-order chi connectivity index (χ0) is 35.6. The van der Waals surface area contributed by atoms with Gasteiger partial charge in [-0.3, -0.25) is 9.69 Å². The van der Waals surface area contributed by atoms with Crippen LogP contribution in [0.3, 0.4) is 0 Å². The van der Waals surface area contributed by atoms with E-state index >= 15 is 4.39 Å². The van der Waals surface area contributed by atoms with Crippen LogP contribution in [-0.2, 0) is 14.0 Å². The summed E-state index contributed by atoms with van der Waals surface area (Å²) in [6.07, 6.45) is 3.95. The number of anilines is 1. The topological polar surface area (TPSA) is 125 Å². The first-order valence-electron chi connectivity index (χ1n) is 16.6. The molecule has 2 aliphatic heterocycles. The summed E-state index contributed by atoms with van der Waals surface area (Å²) in [5.41, 5.74) is -0.538. The largest absolute Gasteiger partial charge is 0.505 e. The van der Waals surface area contributed by atoms with Gasteiger partial charge >= 0.3 is 13.2 Å². The van der Waals surface area contributed by atoms with E-state index in [1.807, 2.05) is 60.6 Å². The number of pyridine rings is 2.